The second kappa shape index (κ2) is 5.98. The molecule has 1 aliphatic heterocycles. The van der Waals surface area contributed by atoms with Gasteiger partial charge < -0.3 is 14.8 Å². The van der Waals surface area contributed by atoms with Gasteiger partial charge in [0.05, 0.1) is 0 Å². The van der Waals surface area contributed by atoms with E-state index in [2.05, 4.69) is 5.32 Å². The number of amides is 1. The number of hydrogen-bond acceptors (Lipinski definition) is 6. The molecule has 0 bridgehead atoms. The van der Waals surface area contributed by atoms with Crippen LogP contribution >= 0.6 is 11.3 Å². The van der Waals surface area contributed by atoms with Crippen molar-refractivity contribution in [3.63, 3.8) is 0 Å². The Balaban J connectivity index is 1.70. The summed E-state index contributed by atoms with van der Waals surface area (Å²) in [5.41, 5.74) is 0.468. The van der Waals surface area contributed by atoms with Gasteiger partial charge in [0.1, 0.15) is 23.2 Å². The Morgan fingerprint density at radius 3 is 2.68 bits per heavy atom. The van der Waals surface area contributed by atoms with E-state index in [-0.39, 0.29) is 4.21 Å². The predicted molar refractivity (Wildman–Crippen MR) is 82.4 cm³/mol. The zero-order chi connectivity index (χ0) is 15.6. The van der Waals surface area contributed by atoms with Crippen LogP contribution < -0.4 is 14.8 Å². The summed E-state index contributed by atoms with van der Waals surface area (Å²) in [7, 11) is -3.60. The zero-order valence-electron chi connectivity index (χ0n) is 11.4. The normalized spacial score (nSPS) is 13.6. The van der Waals surface area contributed by atoms with E-state index in [1.165, 1.54) is 6.07 Å². The minimum absolute atomic E-state index is 0.185. The maximum absolute atomic E-state index is 12.0. The molecule has 0 saturated carbocycles. The molecule has 2 aromatic rings. The van der Waals surface area contributed by atoms with E-state index in [1.54, 1.807) is 29.6 Å². The second-order valence-corrected chi connectivity index (χ2v) is 7.76. The molecular weight excluding hydrogens is 326 g/mol. The molecule has 0 unspecified atom stereocenters. The number of carbonyl (C=O) groups is 1. The summed E-state index contributed by atoms with van der Waals surface area (Å²) in [4.78, 5) is 11.9. The minimum Gasteiger partial charge on any atom is -0.486 e. The Morgan fingerprint density at radius 1 is 1.18 bits per heavy atom. The highest BCUT2D eigenvalue weighted by Gasteiger charge is 2.21. The number of fused-ring (bicyclic) bond motifs is 1. The molecule has 0 radical (unpaired) electrons. The second-order valence-electron chi connectivity index (χ2n) is 4.60. The average Bonchev–Trinajstić information content (AvgIpc) is 3.01. The van der Waals surface area contributed by atoms with Crippen LogP contribution in [-0.4, -0.2) is 33.3 Å². The molecule has 1 aromatic heterocycles. The summed E-state index contributed by atoms with van der Waals surface area (Å²) in [5, 5.41) is 4.22. The van der Waals surface area contributed by atoms with Gasteiger partial charge in [0, 0.05) is 11.8 Å². The summed E-state index contributed by atoms with van der Waals surface area (Å²) in [6.45, 7) is 0.926. The third kappa shape index (κ3) is 3.23. The van der Waals surface area contributed by atoms with Gasteiger partial charge >= 0.3 is 0 Å². The maximum atomic E-state index is 12.0. The lowest BCUT2D eigenvalue weighted by Gasteiger charge is -2.19. The highest BCUT2D eigenvalue weighted by molar-refractivity contribution is 7.94. The van der Waals surface area contributed by atoms with Crippen molar-refractivity contribution in [2.45, 2.75) is 4.21 Å². The van der Waals surface area contributed by atoms with Gasteiger partial charge in [0.15, 0.2) is 21.3 Å². The van der Waals surface area contributed by atoms with Gasteiger partial charge in [-0.15, -0.1) is 11.3 Å². The molecule has 2 heterocycles. The molecule has 3 rings (SSSR count). The molecule has 1 aromatic carbocycles. The number of rotatable bonds is 4. The number of sulfone groups is 1. The van der Waals surface area contributed by atoms with Crippen molar-refractivity contribution in [3.8, 4) is 11.5 Å². The van der Waals surface area contributed by atoms with Gasteiger partial charge in [0.2, 0.25) is 5.91 Å². The summed E-state index contributed by atoms with van der Waals surface area (Å²) in [6, 6.07) is 8.05. The van der Waals surface area contributed by atoms with Crippen LogP contribution in [0.3, 0.4) is 0 Å². The van der Waals surface area contributed by atoms with Crippen LogP contribution in [0.1, 0.15) is 0 Å². The fourth-order valence-corrected chi connectivity index (χ4v) is 4.23. The molecular formula is C14H13NO5S2. The number of thiophene rings is 1. The topological polar surface area (TPSA) is 81.7 Å². The number of benzene rings is 1. The van der Waals surface area contributed by atoms with Crippen molar-refractivity contribution in [2.24, 2.45) is 0 Å². The lowest BCUT2D eigenvalue weighted by molar-refractivity contribution is -0.113. The molecule has 0 atom stereocenters. The van der Waals surface area contributed by atoms with Crippen molar-refractivity contribution in [1.29, 1.82) is 0 Å². The van der Waals surface area contributed by atoms with Gasteiger partial charge in [0.25, 0.3) is 0 Å². The Hall–Kier alpha value is -2.06. The van der Waals surface area contributed by atoms with Gasteiger partial charge in [-0.05, 0) is 23.6 Å². The van der Waals surface area contributed by atoms with Crippen LogP contribution in [0.25, 0.3) is 0 Å². The minimum atomic E-state index is -3.60. The third-order valence-corrected chi connectivity index (χ3v) is 6.05. The maximum Gasteiger partial charge on any atom is 0.239 e. The fraction of sp³-hybridized carbons (Fsp3) is 0.214. The SMILES string of the molecule is O=C(CS(=O)(=O)c1cccs1)Nc1ccc2c(c1)OCCO2. The Bertz CT molecular complexity index is 784. The van der Waals surface area contributed by atoms with Crippen LogP contribution in [0.15, 0.2) is 39.9 Å². The number of hydrogen-bond donors (Lipinski definition) is 1. The standard InChI is InChI=1S/C14H13NO5S2/c16-13(9-22(17,18)14-2-1-7-21-14)15-10-3-4-11-12(8-10)20-6-5-19-11/h1-4,7-8H,5-6,9H2,(H,15,16). The van der Waals surface area contributed by atoms with E-state index in [0.717, 1.165) is 11.3 Å². The molecule has 116 valence electrons. The monoisotopic (exact) mass is 339 g/mol. The van der Waals surface area contributed by atoms with Crippen molar-refractivity contribution < 1.29 is 22.7 Å². The molecule has 8 heteroatoms. The number of carbonyl (C=O) groups excluding carboxylic acids is 1. The molecule has 22 heavy (non-hydrogen) atoms. The smallest absolute Gasteiger partial charge is 0.239 e. The van der Waals surface area contributed by atoms with Gasteiger partial charge in [-0.25, -0.2) is 8.42 Å². The lowest BCUT2D eigenvalue weighted by Crippen LogP contribution is -2.22. The molecule has 1 amide bonds. The van der Waals surface area contributed by atoms with Gasteiger partial charge in [-0.1, -0.05) is 6.07 Å². The van der Waals surface area contributed by atoms with Crippen LogP contribution in [-0.2, 0) is 14.6 Å². The summed E-state index contributed by atoms with van der Waals surface area (Å²) in [5.74, 6) is -0.0483. The van der Waals surface area contributed by atoms with Crippen molar-refractivity contribution >= 4 is 32.8 Å². The number of ether oxygens (including phenoxy) is 2. The van der Waals surface area contributed by atoms with E-state index in [9.17, 15) is 13.2 Å². The van der Waals surface area contributed by atoms with E-state index in [0.29, 0.717) is 30.4 Å². The first kappa shape index (κ1) is 14.9. The fourth-order valence-electron chi connectivity index (χ4n) is 2.00. The van der Waals surface area contributed by atoms with Crippen molar-refractivity contribution in [3.05, 3.63) is 35.7 Å². The quantitative estimate of drug-likeness (QED) is 0.920. The largest absolute Gasteiger partial charge is 0.486 e. The highest BCUT2D eigenvalue weighted by atomic mass is 32.2. The summed E-state index contributed by atoms with van der Waals surface area (Å²) in [6.07, 6.45) is 0. The van der Waals surface area contributed by atoms with Crippen LogP contribution in [0, 0.1) is 0 Å². The number of nitrogens with one attached hydrogen (secondary N) is 1. The van der Waals surface area contributed by atoms with Crippen LogP contribution in [0.2, 0.25) is 0 Å². The molecule has 1 aliphatic rings. The molecule has 0 spiro atoms. The van der Waals surface area contributed by atoms with Crippen LogP contribution in [0.5, 0.6) is 11.5 Å². The zero-order valence-corrected chi connectivity index (χ0v) is 13.1. The first-order valence-electron chi connectivity index (χ1n) is 6.50. The Kier molecular flexibility index (Phi) is 4.04. The number of anilines is 1. The van der Waals surface area contributed by atoms with Gasteiger partial charge in [-0.3, -0.25) is 4.79 Å². The first-order chi connectivity index (χ1) is 10.5. The molecule has 6 nitrogen and oxygen atoms in total. The highest BCUT2D eigenvalue weighted by Crippen LogP contribution is 2.32. The Morgan fingerprint density at radius 2 is 1.95 bits per heavy atom. The Labute approximate surface area is 131 Å². The predicted octanol–water partition coefficient (Wildman–Crippen LogP) is 1.93. The van der Waals surface area contributed by atoms with Crippen molar-refractivity contribution in [2.75, 3.05) is 24.3 Å². The van der Waals surface area contributed by atoms with E-state index >= 15 is 0 Å². The van der Waals surface area contributed by atoms with Gasteiger partial charge in [-0.2, -0.15) is 0 Å². The average molecular weight is 339 g/mol. The molecule has 0 fully saturated rings. The molecule has 1 N–H and O–H groups in total. The van der Waals surface area contributed by atoms with E-state index < -0.39 is 21.5 Å². The van der Waals surface area contributed by atoms with Crippen LogP contribution in [0.4, 0.5) is 5.69 Å². The lowest BCUT2D eigenvalue weighted by atomic mass is 10.2. The first-order valence-corrected chi connectivity index (χ1v) is 9.03. The van der Waals surface area contributed by atoms with E-state index in [1.807, 2.05) is 0 Å². The summed E-state index contributed by atoms with van der Waals surface area (Å²) >= 11 is 1.09. The molecule has 0 saturated heterocycles. The molecule has 0 aliphatic carbocycles. The summed E-state index contributed by atoms with van der Waals surface area (Å²) < 4.78 is 35.0. The van der Waals surface area contributed by atoms with E-state index in [4.69, 9.17) is 9.47 Å². The van der Waals surface area contributed by atoms with Crippen molar-refractivity contribution in [1.82, 2.24) is 0 Å². The third-order valence-electron chi connectivity index (χ3n) is 2.95.